The first-order chi connectivity index (χ1) is 6.50. The first kappa shape index (κ1) is 11.1. The molecule has 0 aliphatic rings. The van der Waals surface area contributed by atoms with Gasteiger partial charge in [0.2, 0.25) is 5.91 Å². The lowest BCUT2D eigenvalue weighted by Crippen LogP contribution is -2.27. The molecule has 0 bridgehead atoms. The van der Waals surface area contributed by atoms with E-state index < -0.39 is 0 Å². The standard InChI is InChI=1S/C9H15N3OS/c1-6(2)8(14)9(13)11-7-4-10-12(3)5-7/h4-6,8,14H,1-3H3,(H,11,13). The maximum atomic E-state index is 11.5. The fourth-order valence-electron chi connectivity index (χ4n) is 1.00. The third-order valence-corrected chi connectivity index (χ3v) is 2.70. The van der Waals surface area contributed by atoms with E-state index in [1.165, 1.54) is 0 Å². The molecular formula is C9H15N3OS. The van der Waals surface area contributed by atoms with E-state index in [1.54, 1.807) is 24.1 Å². The molecule has 0 aliphatic carbocycles. The lowest BCUT2D eigenvalue weighted by molar-refractivity contribution is -0.116. The van der Waals surface area contributed by atoms with Gasteiger partial charge in [0.25, 0.3) is 0 Å². The van der Waals surface area contributed by atoms with E-state index in [1.807, 2.05) is 13.8 Å². The smallest absolute Gasteiger partial charge is 0.237 e. The van der Waals surface area contributed by atoms with E-state index in [4.69, 9.17) is 0 Å². The Hall–Kier alpha value is -0.970. The van der Waals surface area contributed by atoms with Crippen LogP contribution in [-0.2, 0) is 11.8 Å². The Kier molecular flexibility index (Phi) is 3.57. The van der Waals surface area contributed by atoms with Crippen molar-refractivity contribution in [1.29, 1.82) is 0 Å². The molecule has 1 amide bonds. The van der Waals surface area contributed by atoms with Crippen LogP contribution in [0.1, 0.15) is 13.8 Å². The number of nitrogens with zero attached hydrogens (tertiary/aromatic N) is 2. The molecule has 1 N–H and O–H groups in total. The van der Waals surface area contributed by atoms with E-state index in [2.05, 4.69) is 23.0 Å². The Morgan fingerprint density at radius 2 is 2.29 bits per heavy atom. The van der Waals surface area contributed by atoms with Gasteiger partial charge >= 0.3 is 0 Å². The minimum atomic E-state index is -0.282. The number of hydrogen-bond donors (Lipinski definition) is 2. The molecular weight excluding hydrogens is 198 g/mol. The molecule has 0 spiro atoms. The van der Waals surface area contributed by atoms with Crippen LogP contribution in [0.4, 0.5) is 5.69 Å². The summed E-state index contributed by atoms with van der Waals surface area (Å²) in [4.78, 5) is 11.5. The predicted octanol–water partition coefficient (Wildman–Crippen LogP) is 1.31. The van der Waals surface area contributed by atoms with E-state index in [-0.39, 0.29) is 17.1 Å². The number of hydrogen-bond acceptors (Lipinski definition) is 3. The lowest BCUT2D eigenvalue weighted by Gasteiger charge is -2.13. The van der Waals surface area contributed by atoms with Crippen molar-refractivity contribution in [2.75, 3.05) is 5.32 Å². The number of carbonyl (C=O) groups excluding carboxylic acids is 1. The highest BCUT2D eigenvalue weighted by molar-refractivity contribution is 7.81. The molecule has 78 valence electrons. The molecule has 0 aliphatic heterocycles. The average molecular weight is 213 g/mol. The van der Waals surface area contributed by atoms with E-state index in [0.29, 0.717) is 5.69 Å². The van der Waals surface area contributed by atoms with Gasteiger partial charge in [-0.05, 0) is 5.92 Å². The van der Waals surface area contributed by atoms with Crippen molar-refractivity contribution in [3.8, 4) is 0 Å². The second-order valence-electron chi connectivity index (χ2n) is 3.58. The fourth-order valence-corrected chi connectivity index (χ4v) is 1.07. The molecule has 1 aromatic rings. The largest absolute Gasteiger partial charge is 0.322 e. The molecule has 14 heavy (non-hydrogen) atoms. The van der Waals surface area contributed by atoms with Crippen LogP contribution in [0.25, 0.3) is 0 Å². The van der Waals surface area contributed by atoms with Crippen LogP contribution in [0, 0.1) is 5.92 Å². The summed E-state index contributed by atoms with van der Waals surface area (Å²) in [6.07, 6.45) is 3.36. The van der Waals surface area contributed by atoms with Crippen molar-refractivity contribution in [1.82, 2.24) is 9.78 Å². The number of nitrogens with one attached hydrogen (secondary N) is 1. The highest BCUT2D eigenvalue weighted by Gasteiger charge is 2.17. The summed E-state index contributed by atoms with van der Waals surface area (Å²) in [5, 5.41) is 6.41. The number of rotatable bonds is 3. The summed E-state index contributed by atoms with van der Waals surface area (Å²) in [5.74, 6) is 0.131. The second kappa shape index (κ2) is 4.50. The quantitative estimate of drug-likeness (QED) is 0.744. The zero-order chi connectivity index (χ0) is 10.7. The van der Waals surface area contributed by atoms with Gasteiger partial charge in [-0.3, -0.25) is 9.48 Å². The number of aryl methyl sites for hydroxylation is 1. The number of carbonyl (C=O) groups is 1. The molecule has 0 saturated carbocycles. The number of thiol groups is 1. The zero-order valence-corrected chi connectivity index (χ0v) is 9.45. The molecule has 0 fully saturated rings. The summed E-state index contributed by atoms with van der Waals surface area (Å²) in [7, 11) is 1.80. The van der Waals surface area contributed by atoms with Crippen LogP contribution in [0.2, 0.25) is 0 Å². The van der Waals surface area contributed by atoms with E-state index in [0.717, 1.165) is 0 Å². The fraction of sp³-hybridized carbons (Fsp3) is 0.556. The van der Waals surface area contributed by atoms with Gasteiger partial charge in [-0.25, -0.2) is 0 Å². The Balaban J connectivity index is 2.57. The van der Waals surface area contributed by atoms with Gasteiger partial charge in [-0.2, -0.15) is 17.7 Å². The highest BCUT2D eigenvalue weighted by Crippen LogP contribution is 2.12. The van der Waals surface area contributed by atoms with Crippen LogP contribution in [0.15, 0.2) is 12.4 Å². The van der Waals surface area contributed by atoms with Gasteiger partial charge in [0, 0.05) is 13.2 Å². The third kappa shape index (κ3) is 2.77. The van der Waals surface area contributed by atoms with Gasteiger partial charge < -0.3 is 5.32 Å². The van der Waals surface area contributed by atoms with E-state index in [9.17, 15) is 4.79 Å². The zero-order valence-electron chi connectivity index (χ0n) is 8.56. The minimum Gasteiger partial charge on any atom is -0.322 e. The summed E-state index contributed by atoms with van der Waals surface area (Å²) in [6.45, 7) is 3.92. The Morgan fingerprint density at radius 1 is 1.64 bits per heavy atom. The molecule has 0 saturated heterocycles. The third-order valence-electron chi connectivity index (χ3n) is 1.87. The van der Waals surface area contributed by atoms with Crippen LogP contribution in [0.3, 0.4) is 0 Å². The summed E-state index contributed by atoms with van der Waals surface area (Å²) in [6, 6.07) is 0. The van der Waals surface area contributed by atoms with Crippen molar-refractivity contribution < 1.29 is 4.79 Å². The van der Waals surface area contributed by atoms with Crippen LogP contribution < -0.4 is 5.32 Å². The topological polar surface area (TPSA) is 46.9 Å². The van der Waals surface area contributed by atoms with Crippen LogP contribution in [-0.4, -0.2) is 20.9 Å². The summed E-state index contributed by atoms with van der Waals surface area (Å²) >= 11 is 4.22. The summed E-state index contributed by atoms with van der Waals surface area (Å²) < 4.78 is 1.64. The van der Waals surface area contributed by atoms with Crippen molar-refractivity contribution >= 4 is 24.2 Å². The Bertz CT molecular complexity index is 322. The van der Waals surface area contributed by atoms with Crippen LogP contribution >= 0.6 is 12.6 Å². The molecule has 0 radical (unpaired) electrons. The molecule has 1 unspecified atom stereocenters. The van der Waals surface area contributed by atoms with Crippen molar-refractivity contribution in [2.45, 2.75) is 19.1 Å². The Labute approximate surface area is 89.1 Å². The summed E-state index contributed by atoms with van der Waals surface area (Å²) in [5.41, 5.74) is 0.706. The van der Waals surface area contributed by atoms with Crippen molar-refractivity contribution in [2.24, 2.45) is 13.0 Å². The molecule has 1 rings (SSSR count). The van der Waals surface area contributed by atoms with Crippen molar-refractivity contribution in [3.05, 3.63) is 12.4 Å². The molecule has 5 heteroatoms. The van der Waals surface area contributed by atoms with Gasteiger partial charge in [-0.15, -0.1) is 0 Å². The second-order valence-corrected chi connectivity index (χ2v) is 4.14. The molecule has 1 heterocycles. The molecule has 1 atom stereocenters. The number of aromatic nitrogens is 2. The normalized spacial score (nSPS) is 12.9. The van der Waals surface area contributed by atoms with Gasteiger partial charge in [0.1, 0.15) is 0 Å². The van der Waals surface area contributed by atoms with Gasteiger partial charge in [0.05, 0.1) is 17.1 Å². The number of anilines is 1. The average Bonchev–Trinajstić information content (AvgIpc) is 2.49. The maximum Gasteiger partial charge on any atom is 0.237 e. The first-order valence-electron chi connectivity index (χ1n) is 4.48. The SMILES string of the molecule is CC(C)C(S)C(=O)Nc1cnn(C)c1. The minimum absolute atomic E-state index is 0.0867. The predicted molar refractivity (Wildman–Crippen MR) is 59.4 cm³/mol. The lowest BCUT2D eigenvalue weighted by atomic mass is 10.1. The monoisotopic (exact) mass is 213 g/mol. The first-order valence-corrected chi connectivity index (χ1v) is 5.00. The highest BCUT2D eigenvalue weighted by atomic mass is 32.1. The molecule has 4 nitrogen and oxygen atoms in total. The van der Waals surface area contributed by atoms with Gasteiger partial charge in [-0.1, -0.05) is 13.8 Å². The van der Waals surface area contributed by atoms with E-state index >= 15 is 0 Å². The molecule has 1 aromatic heterocycles. The van der Waals surface area contributed by atoms with Crippen LogP contribution in [0.5, 0.6) is 0 Å². The number of amides is 1. The molecule has 0 aromatic carbocycles. The van der Waals surface area contributed by atoms with Crippen molar-refractivity contribution in [3.63, 3.8) is 0 Å². The maximum absolute atomic E-state index is 11.5. The Morgan fingerprint density at radius 3 is 2.71 bits per heavy atom. The van der Waals surface area contributed by atoms with Gasteiger partial charge in [0.15, 0.2) is 0 Å².